The minimum Gasteiger partial charge on any atom is -0.495 e. The van der Waals surface area contributed by atoms with Crippen LogP contribution in [0.3, 0.4) is 0 Å². The van der Waals surface area contributed by atoms with Crippen LogP contribution >= 0.6 is 47.8 Å². The zero-order valence-corrected chi connectivity index (χ0v) is 15.1. The lowest BCUT2D eigenvalue weighted by Gasteiger charge is -2.12. The smallest absolute Gasteiger partial charge is 0.135 e. The van der Waals surface area contributed by atoms with E-state index in [1.54, 1.807) is 19.2 Å². The summed E-state index contributed by atoms with van der Waals surface area (Å²) in [7, 11) is 1.62. The summed E-state index contributed by atoms with van der Waals surface area (Å²) >= 11 is 10.3. The Bertz CT molecular complexity index is 696. The first-order valence-corrected chi connectivity index (χ1v) is 7.92. The predicted octanol–water partition coefficient (Wildman–Crippen LogP) is 5.60. The predicted molar refractivity (Wildman–Crippen MR) is 90.5 cm³/mol. The Morgan fingerprint density at radius 2 is 1.80 bits per heavy atom. The number of ether oxygens (including phenoxy) is 1. The number of methoxy groups -OCH3 is 1. The molecule has 0 fully saturated rings. The first-order chi connectivity index (χ1) is 9.53. The number of halogens is 3. The van der Waals surface area contributed by atoms with Crippen LogP contribution in [-0.4, -0.2) is 7.11 Å². The Morgan fingerprint density at radius 1 is 1.05 bits per heavy atom. The van der Waals surface area contributed by atoms with Crippen molar-refractivity contribution >= 4 is 59.2 Å². The van der Waals surface area contributed by atoms with E-state index in [-0.39, 0.29) is 0 Å². The van der Waals surface area contributed by atoms with Gasteiger partial charge in [0.05, 0.1) is 28.9 Å². The number of hydrogen-bond donors (Lipinski definition) is 1. The fourth-order valence-electron chi connectivity index (χ4n) is 1.66. The number of nitriles is 1. The molecule has 0 amide bonds. The maximum Gasteiger partial charge on any atom is 0.135 e. The van der Waals surface area contributed by atoms with Crippen molar-refractivity contribution in [3.8, 4) is 11.8 Å². The molecule has 6 heteroatoms. The zero-order valence-electron chi connectivity index (χ0n) is 10.4. The van der Waals surface area contributed by atoms with E-state index in [1.807, 2.05) is 18.2 Å². The quantitative estimate of drug-likeness (QED) is 0.648. The summed E-state index contributed by atoms with van der Waals surface area (Å²) < 4.78 is 7.88. The minimum atomic E-state index is 0.585. The van der Waals surface area contributed by atoms with Gasteiger partial charge in [0.15, 0.2) is 0 Å². The van der Waals surface area contributed by atoms with Gasteiger partial charge in [-0.3, -0.25) is 0 Å². The van der Waals surface area contributed by atoms with Crippen LogP contribution in [0.4, 0.5) is 11.4 Å². The summed E-state index contributed by atoms with van der Waals surface area (Å²) in [5, 5.41) is 12.3. The molecule has 2 rings (SSSR count). The molecule has 2 aromatic carbocycles. The van der Waals surface area contributed by atoms with Crippen LogP contribution < -0.4 is 10.1 Å². The Balaban J connectivity index is 2.40. The summed E-state index contributed by atoms with van der Waals surface area (Å²) in [4.78, 5) is 0. The van der Waals surface area contributed by atoms with Crippen LogP contribution in [0, 0.1) is 11.3 Å². The van der Waals surface area contributed by atoms with Crippen LogP contribution in [0.15, 0.2) is 43.7 Å². The van der Waals surface area contributed by atoms with Crippen molar-refractivity contribution in [2.75, 3.05) is 12.4 Å². The topological polar surface area (TPSA) is 45.0 Å². The van der Waals surface area contributed by atoms with Gasteiger partial charge in [0.25, 0.3) is 0 Å². The van der Waals surface area contributed by atoms with E-state index in [4.69, 9.17) is 10.00 Å². The van der Waals surface area contributed by atoms with E-state index < -0.39 is 0 Å². The highest BCUT2D eigenvalue weighted by Crippen LogP contribution is 2.36. The van der Waals surface area contributed by atoms with E-state index >= 15 is 0 Å². The molecule has 0 saturated carbocycles. The summed E-state index contributed by atoms with van der Waals surface area (Å²) in [5.41, 5.74) is 2.26. The number of nitrogens with zero attached hydrogens (tertiary/aromatic N) is 1. The van der Waals surface area contributed by atoms with Gasteiger partial charge in [-0.25, -0.2) is 0 Å². The van der Waals surface area contributed by atoms with Crippen molar-refractivity contribution in [2.24, 2.45) is 0 Å². The minimum absolute atomic E-state index is 0.585. The first-order valence-electron chi connectivity index (χ1n) is 5.54. The van der Waals surface area contributed by atoms with Gasteiger partial charge in [-0.15, -0.1) is 0 Å². The van der Waals surface area contributed by atoms with Crippen LogP contribution in [-0.2, 0) is 0 Å². The molecule has 0 spiro atoms. The second kappa shape index (κ2) is 6.61. The van der Waals surface area contributed by atoms with E-state index in [0.29, 0.717) is 5.56 Å². The Morgan fingerprint density at radius 3 is 2.45 bits per heavy atom. The zero-order chi connectivity index (χ0) is 14.7. The molecule has 0 heterocycles. The number of nitrogens with one attached hydrogen (secondary N) is 1. The van der Waals surface area contributed by atoms with Gasteiger partial charge in [-0.2, -0.15) is 5.26 Å². The van der Waals surface area contributed by atoms with E-state index in [1.165, 1.54) is 0 Å². The maximum atomic E-state index is 8.99. The molecular formula is C14H9Br3N2O. The van der Waals surface area contributed by atoms with Crippen molar-refractivity contribution in [1.82, 2.24) is 0 Å². The molecule has 0 unspecified atom stereocenters. The molecule has 0 aliphatic heterocycles. The summed E-state index contributed by atoms with van der Waals surface area (Å²) in [6.07, 6.45) is 0. The standard InChI is InChI=1S/C14H9Br3N2O/c1-20-14-6-13(11(16)5-12(14)17)19-10-3-8(7-18)2-9(15)4-10/h2-6,19H,1H3. The van der Waals surface area contributed by atoms with Gasteiger partial charge < -0.3 is 10.1 Å². The fraction of sp³-hybridized carbons (Fsp3) is 0.0714. The molecule has 0 aliphatic rings. The lowest BCUT2D eigenvalue weighted by atomic mass is 10.2. The summed E-state index contributed by atoms with van der Waals surface area (Å²) in [5.74, 6) is 0.728. The van der Waals surface area contributed by atoms with Crippen LogP contribution in [0.5, 0.6) is 5.75 Å². The Hall–Kier alpha value is -1.03. The molecule has 2 aromatic rings. The van der Waals surface area contributed by atoms with Crippen molar-refractivity contribution in [3.63, 3.8) is 0 Å². The van der Waals surface area contributed by atoms with Crippen LogP contribution in [0.2, 0.25) is 0 Å². The molecule has 1 N–H and O–H groups in total. The average molecular weight is 461 g/mol. The highest BCUT2D eigenvalue weighted by Gasteiger charge is 2.08. The summed E-state index contributed by atoms with van der Waals surface area (Å²) in [6, 6.07) is 11.4. The number of hydrogen-bond acceptors (Lipinski definition) is 3. The van der Waals surface area contributed by atoms with Gasteiger partial charge in [0.2, 0.25) is 0 Å². The third-order valence-corrected chi connectivity index (χ3v) is 4.28. The third-order valence-electron chi connectivity index (χ3n) is 2.55. The van der Waals surface area contributed by atoms with Gasteiger partial charge in [-0.1, -0.05) is 15.9 Å². The second-order valence-corrected chi connectivity index (χ2v) is 6.56. The molecule has 0 radical (unpaired) electrons. The molecular weight excluding hydrogens is 452 g/mol. The van der Waals surface area contributed by atoms with Crippen molar-refractivity contribution in [2.45, 2.75) is 0 Å². The maximum absolute atomic E-state index is 8.99. The Kier molecular flexibility index (Phi) is 5.08. The highest BCUT2D eigenvalue weighted by molar-refractivity contribution is 9.11. The largest absolute Gasteiger partial charge is 0.495 e. The second-order valence-electron chi connectivity index (χ2n) is 3.93. The van der Waals surface area contributed by atoms with Gasteiger partial charge in [0.1, 0.15) is 5.75 Å². The van der Waals surface area contributed by atoms with E-state index in [2.05, 4.69) is 59.2 Å². The van der Waals surface area contributed by atoms with Gasteiger partial charge in [-0.05, 0) is 56.1 Å². The lowest BCUT2D eigenvalue weighted by Crippen LogP contribution is -1.94. The first kappa shape index (κ1) is 15.4. The van der Waals surface area contributed by atoms with Crippen LogP contribution in [0.1, 0.15) is 5.56 Å². The SMILES string of the molecule is COc1cc(Nc2cc(Br)cc(C#N)c2)c(Br)cc1Br. The van der Waals surface area contributed by atoms with Crippen molar-refractivity contribution < 1.29 is 4.74 Å². The monoisotopic (exact) mass is 458 g/mol. The van der Waals surface area contributed by atoms with Crippen LogP contribution in [0.25, 0.3) is 0 Å². The number of anilines is 2. The molecule has 102 valence electrons. The molecule has 0 aromatic heterocycles. The molecule has 0 saturated heterocycles. The molecule has 0 aliphatic carbocycles. The average Bonchev–Trinajstić information content (AvgIpc) is 2.41. The van der Waals surface area contributed by atoms with E-state index in [9.17, 15) is 0 Å². The van der Waals surface area contributed by atoms with Crippen molar-refractivity contribution in [3.05, 3.63) is 49.3 Å². The fourth-order valence-corrected chi connectivity index (χ4v) is 3.41. The summed E-state index contributed by atoms with van der Waals surface area (Å²) in [6.45, 7) is 0. The highest BCUT2D eigenvalue weighted by atomic mass is 79.9. The van der Waals surface area contributed by atoms with Gasteiger partial charge >= 0.3 is 0 Å². The molecule has 0 atom stereocenters. The number of rotatable bonds is 3. The van der Waals surface area contributed by atoms with Gasteiger partial charge in [0, 0.05) is 20.7 Å². The van der Waals surface area contributed by atoms with E-state index in [0.717, 1.165) is 30.5 Å². The molecule has 3 nitrogen and oxygen atoms in total. The number of benzene rings is 2. The Labute approximate surface area is 142 Å². The lowest BCUT2D eigenvalue weighted by molar-refractivity contribution is 0.412. The molecule has 0 bridgehead atoms. The molecule has 20 heavy (non-hydrogen) atoms. The normalized spacial score (nSPS) is 9.95. The third kappa shape index (κ3) is 3.54. The van der Waals surface area contributed by atoms with Crippen molar-refractivity contribution in [1.29, 1.82) is 5.26 Å².